The van der Waals surface area contributed by atoms with Crippen molar-refractivity contribution in [1.82, 2.24) is 0 Å². The van der Waals surface area contributed by atoms with E-state index in [9.17, 15) is 5.11 Å². The van der Waals surface area contributed by atoms with Crippen molar-refractivity contribution in [3.05, 3.63) is 71.3 Å². The van der Waals surface area contributed by atoms with Crippen LogP contribution in [0.25, 0.3) is 0 Å². The fourth-order valence-corrected chi connectivity index (χ4v) is 1.69. The predicted octanol–water partition coefficient (Wildman–Crippen LogP) is 3.33. The average Bonchev–Trinajstić information content (AvgIpc) is 2.46. The standard InChI is InChI=1S/C17H16O/c1-2-14-8-11-16(12-9-14)17(18)13-10-15-6-4-3-5-7-15/h3-9,11-12,17-18H,2H2,1H3/t17-/m0/s1. The first-order chi connectivity index (χ1) is 8.79. The minimum atomic E-state index is -0.726. The first-order valence-electron chi connectivity index (χ1n) is 6.13. The number of benzene rings is 2. The van der Waals surface area contributed by atoms with E-state index >= 15 is 0 Å². The summed E-state index contributed by atoms with van der Waals surface area (Å²) in [6.07, 6.45) is 0.280. The highest BCUT2D eigenvalue weighted by molar-refractivity contribution is 5.37. The lowest BCUT2D eigenvalue weighted by atomic mass is 10.1. The van der Waals surface area contributed by atoms with Crippen LogP contribution >= 0.6 is 0 Å². The Morgan fingerprint density at radius 1 is 1.00 bits per heavy atom. The Balaban J connectivity index is 2.12. The molecular formula is C17H16O. The maximum Gasteiger partial charge on any atom is 0.140 e. The highest BCUT2D eigenvalue weighted by Gasteiger charge is 2.02. The Kier molecular flexibility index (Phi) is 4.17. The molecule has 0 amide bonds. The van der Waals surface area contributed by atoms with Gasteiger partial charge in [0.2, 0.25) is 0 Å². The molecule has 0 aromatic heterocycles. The van der Waals surface area contributed by atoms with Crippen LogP contribution in [0.3, 0.4) is 0 Å². The van der Waals surface area contributed by atoms with Gasteiger partial charge in [-0.1, -0.05) is 61.2 Å². The largest absolute Gasteiger partial charge is 0.376 e. The van der Waals surface area contributed by atoms with Gasteiger partial charge in [-0.05, 0) is 29.7 Å². The lowest BCUT2D eigenvalue weighted by molar-refractivity contribution is 0.238. The first-order valence-corrected chi connectivity index (χ1v) is 6.13. The zero-order chi connectivity index (χ0) is 12.8. The highest BCUT2D eigenvalue weighted by Crippen LogP contribution is 2.13. The van der Waals surface area contributed by atoms with Crippen LogP contribution < -0.4 is 0 Å². The SMILES string of the molecule is CCc1ccc([C@@H](O)C#Cc2ccccc2)cc1. The molecule has 0 fully saturated rings. The van der Waals surface area contributed by atoms with E-state index in [1.165, 1.54) is 5.56 Å². The van der Waals surface area contributed by atoms with Gasteiger partial charge in [-0.3, -0.25) is 0 Å². The molecule has 1 heteroatoms. The topological polar surface area (TPSA) is 20.2 Å². The lowest BCUT2D eigenvalue weighted by Crippen LogP contribution is -1.94. The van der Waals surface area contributed by atoms with Crippen LogP contribution in [0.4, 0.5) is 0 Å². The summed E-state index contributed by atoms with van der Waals surface area (Å²) in [6, 6.07) is 17.6. The summed E-state index contributed by atoms with van der Waals surface area (Å²) < 4.78 is 0. The van der Waals surface area contributed by atoms with Gasteiger partial charge in [-0.25, -0.2) is 0 Å². The smallest absolute Gasteiger partial charge is 0.140 e. The van der Waals surface area contributed by atoms with Gasteiger partial charge in [0.1, 0.15) is 6.10 Å². The Bertz CT molecular complexity index is 544. The molecule has 1 N–H and O–H groups in total. The van der Waals surface area contributed by atoms with Crippen molar-refractivity contribution in [2.75, 3.05) is 0 Å². The molecule has 18 heavy (non-hydrogen) atoms. The second kappa shape index (κ2) is 6.05. The highest BCUT2D eigenvalue weighted by atomic mass is 16.3. The van der Waals surface area contributed by atoms with Gasteiger partial charge in [0.05, 0.1) is 0 Å². The second-order valence-electron chi connectivity index (χ2n) is 4.13. The van der Waals surface area contributed by atoms with E-state index in [0.717, 1.165) is 17.5 Å². The molecule has 2 aromatic carbocycles. The third kappa shape index (κ3) is 3.23. The van der Waals surface area contributed by atoms with Crippen LogP contribution in [0.1, 0.15) is 29.7 Å². The summed E-state index contributed by atoms with van der Waals surface area (Å²) in [5.41, 5.74) is 3.03. The Morgan fingerprint density at radius 3 is 2.28 bits per heavy atom. The van der Waals surface area contributed by atoms with Gasteiger partial charge in [-0.2, -0.15) is 0 Å². The molecule has 0 spiro atoms. The first kappa shape index (κ1) is 12.4. The van der Waals surface area contributed by atoms with Crippen LogP contribution in [-0.2, 0) is 6.42 Å². The molecule has 90 valence electrons. The molecule has 2 aromatic rings. The predicted molar refractivity (Wildman–Crippen MR) is 74.1 cm³/mol. The molecular weight excluding hydrogens is 220 g/mol. The normalized spacial score (nSPS) is 11.4. The summed E-state index contributed by atoms with van der Waals surface area (Å²) in [6.45, 7) is 2.11. The Morgan fingerprint density at radius 2 is 1.67 bits per heavy atom. The van der Waals surface area contributed by atoms with E-state index in [1.54, 1.807) is 0 Å². The molecule has 0 aliphatic heterocycles. The van der Waals surface area contributed by atoms with Gasteiger partial charge in [-0.15, -0.1) is 0 Å². The molecule has 0 unspecified atom stereocenters. The number of aryl methyl sites for hydroxylation is 1. The van der Waals surface area contributed by atoms with E-state index in [1.807, 2.05) is 54.6 Å². The number of hydrogen-bond donors (Lipinski definition) is 1. The van der Waals surface area contributed by atoms with Gasteiger partial charge in [0.25, 0.3) is 0 Å². The molecule has 0 aliphatic rings. The van der Waals surface area contributed by atoms with Gasteiger partial charge >= 0.3 is 0 Å². The van der Waals surface area contributed by atoms with Crippen molar-refractivity contribution >= 4 is 0 Å². The minimum Gasteiger partial charge on any atom is -0.376 e. The summed E-state index contributed by atoms with van der Waals surface area (Å²) in [5.74, 6) is 5.83. The van der Waals surface area contributed by atoms with Gasteiger partial charge in [0, 0.05) is 5.56 Å². The molecule has 0 bridgehead atoms. The monoisotopic (exact) mass is 236 g/mol. The zero-order valence-electron chi connectivity index (χ0n) is 10.4. The second-order valence-corrected chi connectivity index (χ2v) is 4.13. The third-order valence-corrected chi connectivity index (χ3v) is 2.83. The van der Waals surface area contributed by atoms with E-state index in [4.69, 9.17) is 0 Å². The maximum atomic E-state index is 9.97. The molecule has 0 saturated heterocycles. The van der Waals surface area contributed by atoms with Crippen LogP contribution in [0.15, 0.2) is 54.6 Å². The maximum absolute atomic E-state index is 9.97. The third-order valence-electron chi connectivity index (χ3n) is 2.83. The summed E-state index contributed by atoms with van der Waals surface area (Å²) in [7, 11) is 0. The lowest BCUT2D eigenvalue weighted by Gasteiger charge is -2.04. The number of aliphatic hydroxyl groups excluding tert-OH is 1. The Labute approximate surface area is 108 Å². The van der Waals surface area contributed by atoms with E-state index < -0.39 is 6.10 Å². The molecule has 0 saturated carbocycles. The van der Waals surface area contributed by atoms with Crippen LogP contribution in [0.5, 0.6) is 0 Å². The molecule has 1 atom stereocenters. The number of aliphatic hydroxyl groups is 1. The van der Waals surface area contributed by atoms with Crippen molar-refractivity contribution in [1.29, 1.82) is 0 Å². The molecule has 1 nitrogen and oxygen atoms in total. The average molecular weight is 236 g/mol. The summed E-state index contributed by atoms with van der Waals surface area (Å²) in [4.78, 5) is 0. The molecule has 0 aliphatic carbocycles. The van der Waals surface area contributed by atoms with Crippen molar-refractivity contribution < 1.29 is 5.11 Å². The number of hydrogen-bond acceptors (Lipinski definition) is 1. The molecule has 2 rings (SSSR count). The van der Waals surface area contributed by atoms with Crippen LogP contribution in [-0.4, -0.2) is 5.11 Å². The van der Waals surface area contributed by atoms with E-state index in [0.29, 0.717) is 0 Å². The summed E-state index contributed by atoms with van der Waals surface area (Å²) in [5, 5.41) is 9.97. The summed E-state index contributed by atoms with van der Waals surface area (Å²) >= 11 is 0. The van der Waals surface area contributed by atoms with E-state index in [-0.39, 0.29) is 0 Å². The van der Waals surface area contributed by atoms with Crippen molar-refractivity contribution in [2.45, 2.75) is 19.4 Å². The van der Waals surface area contributed by atoms with Gasteiger partial charge < -0.3 is 5.11 Å². The number of rotatable bonds is 2. The zero-order valence-corrected chi connectivity index (χ0v) is 10.4. The van der Waals surface area contributed by atoms with Crippen molar-refractivity contribution in [3.63, 3.8) is 0 Å². The van der Waals surface area contributed by atoms with Crippen molar-refractivity contribution in [2.24, 2.45) is 0 Å². The fourth-order valence-electron chi connectivity index (χ4n) is 1.69. The van der Waals surface area contributed by atoms with Crippen molar-refractivity contribution in [3.8, 4) is 11.8 Å². The molecule has 0 radical (unpaired) electrons. The van der Waals surface area contributed by atoms with E-state index in [2.05, 4.69) is 18.8 Å². The quantitative estimate of drug-likeness (QED) is 0.793. The molecule has 0 heterocycles. The van der Waals surface area contributed by atoms with Crippen LogP contribution in [0, 0.1) is 11.8 Å². The Hall–Kier alpha value is -2.04. The van der Waals surface area contributed by atoms with Gasteiger partial charge in [0.15, 0.2) is 0 Å². The fraction of sp³-hybridized carbons (Fsp3) is 0.176. The van der Waals surface area contributed by atoms with Crippen LogP contribution in [0.2, 0.25) is 0 Å². The minimum absolute atomic E-state index is 0.726.